The number of nitrogens with zero attached hydrogens (tertiary/aromatic N) is 2. The van der Waals surface area contributed by atoms with Crippen LogP contribution in [0.4, 0.5) is 0 Å². The van der Waals surface area contributed by atoms with E-state index in [0.717, 1.165) is 5.69 Å². The fourth-order valence-electron chi connectivity index (χ4n) is 1.32. The molecular weight excluding hydrogens is 238 g/mol. The average molecular weight is 259 g/mol. The third kappa shape index (κ3) is 5.83. The van der Waals surface area contributed by atoms with Crippen molar-refractivity contribution < 1.29 is 8.42 Å². The lowest BCUT2D eigenvalue weighted by molar-refractivity contribution is 0.413. The van der Waals surface area contributed by atoms with E-state index >= 15 is 0 Å². The number of rotatable bonds is 5. The Morgan fingerprint density at radius 3 is 2.59 bits per heavy atom. The van der Waals surface area contributed by atoms with Crippen LogP contribution in [0.1, 0.15) is 26.5 Å². The highest BCUT2D eigenvalue weighted by Crippen LogP contribution is 2.04. The summed E-state index contributed by atoms with van der Waals surface area (Å²) in [7, 11) is -2.94. The Balaban J connectivity index is 2.60. The summed E-state index contributed by atoms with van der Waals surface area (Å²) in [6, 6.07) is 1.90. The van der Waals surface area contributed by atoms with Gasteiger partial charge in [-0.1, -0.05) is 0 Å². The summed E-state index contributed by atoms with van der Waals surface area (Å²) in [4.78, 5) is 0. The van der Waals surface area contributed by atoms with Crippen LogP contribution in [0.2, 0.25) is 0 Å². The first kappa shape index (κ1) is 14.2. The molecule has 0 amide bonds. The van der Waals surface area contributed by atoms with Gasteiger partial charge in [0, 0.05) is 24.5 Å². The van der Waals surface area contributed by atoms with Gasteiger partial charge in [0.05, 0.1) is 18.0 Å². The summed E-state index contributed by atoms with van der Waals surface area (Å²) >= 11 is 0. The van der Waals surface area contributed by atoms with Crippen molar-refractivity contribution >= 4 is 9.84 Å². The van der Waals surface area contributed by atoms with Crippen LogP contribution in [0.15, 0.2) is 12.3 Å². The van der Waals surface area contributed by atoms with Crippen LogP contribution in [-0.2, 0) is 22.9 Å². The molecule has 6 heteroatoms. The van der Waals surface area contributed by atoms with Gasteiger partial charge in [0.15, 0.2) is 0 Å². The predicted octanol–water partition coefficient (Wildman–Crippen LogP) is 0.816. The predicted molar refractivity (Wildman–Crippen MR) is 68.5 cm³/mol. The van der Waals surface area contributed by atoms with Crippen LogP contribution >= 0.6 is 0 Å². The van der Waals surface area contributed by atoms with Crippen LogP contribution in [-0.4, -0.2) is 35.7 Å². The Hall–Kier alpha value is -0.880. The lowest BCUT2D eigenvalue weighted by atomic mass is 10.1. The van der Waals surface area contributed by atoms with E-state index in [1.54, 1.807) is 10.9 Å². The first-order valence-electron chi connectivity index (χ1n) is 5.61. The quantitative estimate of drug-likeness (QED) is 0.850. The number of aryl methyl sites for hydroxylation is 1. The highest BCUT2D eigenvalue weighted by Gasteiger charge is 2.11. The highest BCUT2D eigenvalue weighted by molar-refractivity contribution is 7.90. The molecule has 0 saturated heterocycles. The fraction of sp³-hybridized carbons (Fsp3) is 0.727. The molecule has 1 heterocycles. The molecule has 0 bridgehead atoms. The molecule has 5 nitrogen and oxygen atoms in total. The van der Waals surface area contributed by atoms with E-state index in [1.165, 1.54) is 6.26 Å². The van der Waals surface area contributed by atoms with Crippen LogP contribution in [0.3, 0.4) is 0 Å². The van der Waals surface area contributed by atoms with Crippen molar-refractivity contribution in [3.63, 3.8) is 0 Å². The topological polar surface area (TPSA) is 64.0 Å². The fourth-order valence-corrected chi connectivity index (χ4v) is 1.82. The van der Waals surface area contributed by atoms with Crippen molar-refractivity contribution in [2.75, 3.05) is 12.0 Å². The molecular formula is C11H21N3O2S. The largest absolute Gasteiger partial charge is 0.306 e. The van der Waals surface area contributed by atoms with Crippen LogP contribution < -0.4 is 5.32 Å². The zero-order valence-corrected chi connectivity index (χ0v) is 11.7. The van der Waals surface area contributed by atoms with E-state index in [9.17, 15) is 8.42 Å². The summed E-state index contributed by atoms with van der Waals surface area (Å²) in [6.45, 7) is 7.36. The standard InChI is InChI=1S/C11H21N3O2S/c1-11(2,3)12-9-10-5-6-13-14(10)7-8-17(4,15)16/h5-6,12H,7-9H2,1-4H3. The molecule has 0 aliphatic heterocycles. The number of hydrogen-bond acceptors (Lipinski definition) is 4. The molecule has 1 N–H and O–H groups in total. The third-order valence-electron chi connectivity index (χ3n) is 2.28. The second kappa shape index (κ2) is 5.18. The van der Waals surface area contributed by atoms with E-state index in [-0.39, 0.29) is 11.3 Å². The van der Waals surface area contributed by atoms with E-state index in [4.69, 9.17) is 0 Å². The molecule has 98 valence electrons. The molecule has 1 aromatic rings. The summed E-state index contributed by atoms with van der Waals surface area (Å²) < 4.78 is 23.9. The first-order valence-corrected chi connectivity index (χ1v) is 7.67. The summed E-state index contributed by atoms with van der Waals surface area (Å²) in [6.07, 6.45) is 2.94. The lowest BCUT2D eigenvalue weighted by Crippen LogP contribution is -2.35. The van der Waals surface area contributed by atoms with Crippen LogP contribution in [0, 0.1) is 0 Å². The molecule has 0 fully saturated rings. The Kier molecular flexibility index (Phi) is 4.32. The Bertz CT molecular complexity index is 457. The smallest absolute Gasteiger partial charge is 0.149 e. The molecule has 0 spiro atoms. The maximum Gasteiger partial charge on any atom is 0.149 e. The van der Waals surface area contributed by atoms with Crippen molar-refractivity contribution in [1.82, 2.24) is 15.1 Å². The molecule has 0 aliphatic carbocycles. The van der Waals surface area contributed by atoms with Gasteiger partial charge in [-0.3, -0.25) is 4.68 Å². The van der Waals surface area contributed by atoms with Gasteiger partial charge in [-0.05, 0) is 26.8 Å². The average Bonchev–Trinajstić information content (AvgIpc) is 2.56. The Morgan fingerprint density at radius 2 is 2.06 bits per heavy atom. The van der Waals surface area contributed by atoms with Crippen molar-refractivity contribution in [1.29, 1.82) is 0 Å². The van der Waals surface area contributed by atoms with Crippen molar-refractivity contribution in [3.8, 4) is 0 Å². The molecule has 0 aliphatic rings. The van der Waals surface area contributed by atoms with E-state index < -0.39 is 9.84 Å². The molecule has 0 saturated carbocycles. The van der Waals surface area contributed by atoms with Gasteiger partial charge in [0.2, 0.25) is 0 Å². The van der Waals surface area contributed by atoms with Crippen molar-refractivity contribution in [3.05, 3.63) is 18.0 Å². The zero-order chi connectivity index (χ0) is 13.1. The van der Waals surface area contributed by atoms with Gasteiger partial charge < -0.3 is 5.32 Å². The molecule has 0 radical (unpaired) electrons. The lowest BCUT2D eigenvalue weighted by Gasteiger charge is -2.20. The van der Waals surface area contributed by atoms with Gasteiger partial charge in [-0.25, -0.2) is 8.42 Å². The van der Waals surface area contributed by atoms with E-state index in [2.05, 4.69) is 31.2 Å². The first-order chi connectivity index (χ1) is 7.67. The second-order valence-corrected chi connectivity index (χ2v) is 7.54. The SMILES string of the molecule is CC(C)(C)NCc1ccnn1CCS(C)(=O)=O. The second-order valence-electron chi connectivity index (χ2n) is 5.28. The van der Waals surface area contributed by atoms with Gasteiger partial charge in [0.25, 0.3) is 0 Å². The minimum absolute atomic E-state index is 0.0337. The minimum atomic E-state index is -2.94. The molecule has 0 aromatic carbocycles. The molecule has 0 unspecified atom stereocenters. The number of aromatic nitrogens is 2. The third-order valence-corrected chi connectivity index (χ3v) is 3.20. The van der Waals surface area contributed by atoms with Crippen LogP contribution in [0.5, 0.6) is 0 Å². The summed E-state index contributed by atoms with van der Waals surface area (Å²) in [5, 5.41) is 7.48. The molecule has 0 atom stereocenters. The Labute approximate surface area is 103 Å². The van der Waals surface area contributed by atoms with Gasteiger partial charge in [-0.15, -0.1) is 0 Å². The maximum absolute atomic E-state index is 11.1. The minimum Gasteiger partial charge on any atom is -0.306 e. The Morgan fingerprint density at radius 1 is 1.41 bits per heavy atom. The maximum atomic E-state index is 11.1. The highest BCUT2D eigenvalue weighted by atomic mass is 32.2. The number of nitrogens with one attached hydrogen (secondary N) is 1. The molecule has 1 aromatic heterocycles. The zero-order valence-electron chi connectivity index (χ0n) is 10.9. The van der Waals surface area contributed by atoms with Crippen molar-refractivity contribution in [2.45, 2.75) is 39.4 Å². The normalized spacial score (nSPS) is 12.9. The molecule has 1 rings (SSSR count). The van der Waals surface area contributed by atoms with E-state index in [1.807, 2.05) is 6.07 Å². The summed E-state index contributed by atoms with van der Waals surface area (Å²) in [5.74, 6) is 0.122. The number of hydrogen-bond donors (Lipinski definition) is 1. The molecule has 17 heavy (non-hydrogen) atoms. The summed E-state index contributed by atoms with van der Waals surface area (Å²) in [5.41, 5.74) is 1.04. The number of sulfone groups is 1. The monoisotopic (exact) mass is 259 g/mol. The van der Waals surface area contributed by atoms with Gasteiger partial charge in [0.1, 0.15) is 9.84 Å². The van der Waals surface area contributed by atoms with Crippen LogP contribution in [0.25, 0.3) is 0 Å². The van der Waals surface area contributed by atoms with Gasteiger partial charge in [-0.2, -0.15) is 5.10 Å². The van der Waals surface area contributed by atoms with E-state index in [0.29, 0.717) is 13.1 Å². The van der Waals surface area contributed by atoms with Crippen molar-refractivity contribution in [2.24, 2.45) is 0 Å². The van der Waals surface area contributed by atoms with Gasteiger partial charge >= 0.3 is 0 Å².